The molecule has 88 valence electrons. The minimum Gasteiger partial charge on any atom is -0.370 e. The Hall–Kier alpha value is -0.450. The lowest BCUT2D eigenvalue weighted by atomic mass is 10.0. The number of hydrogen-bond donors (Lipinski definition) is 1. The van der Waals surface area contributed by atoms with Gasteiger partial charge in [0.1, 0.15) is 5.82 Å². The number of halogens is 2. The van der Waals surface area contributed by atoms with Crippen molar-refractivity contribution in [1.29, 1.82) is 0 Å². The maximum absolute atomic E-state index is 13.0. The molecule has 0 bridgehead atoms. The van der Waals surface area contributed by atoms with Crippen LogP contribution in [0.5, 0.6) is 0 Å². The van der Waals surface area contributed by atoms with Gasteiger partial charge in [0.15, 0.2) is 0 Å². The summed E-state index contributed by atoms with van der Waals surface area (Å²) in [5, 5.41) is 3.41. The zero-order valence-corrected chi connectivity index (χ0v) is 11.0. The Bertz CT molecular complexity index is 385. The van der Waals surface area contributed by atoms with E-state index in [1.54, 1.807) is 6.07 Å². The van der Waals surface area contributed by atoms with E-state index in [-0.39, 0.29) is 17.5 Å². The monoisotopic (exact) mass is 287 g/mol. The summed E-state index contributed by atoms with van der Waals surface area (Å²) >= 11 is 3.36. The number of ether oxygens (including phenoxy) is 1. The standard InChI is InChI=1S/C12H15BrFNO/c1-12(2)7-16-11(6-15-12)9-4-3-8(14)5-10(9)13/h3-5,11,15H,6-7H2,1-2H3. The van der Waals surface area contributed by atoms with Crippen molar-refractivity contribution < 1.29 is 9.13 Å². The van der Waals surface area contributed by atoms with Crippen LogP contribution in [0.1, 0.15) is 25.5 Å². The van der Waals surface area contributed by atoms with Crippen molar-refractivity contribution in [2.45, 2.75) is 25.5 Å². The van der Waals surface area contributed by atoms with E-state index < -0.39 is 0 Å². The Morgan fingerprint density at radius 2 is 2.25 bits per heavy atom. The van der Waals surface area contributed by atoms with Gasteiger partial charge in [-0.25, -0.2) is 4.39 Å². The number of benzene rings is 1. The van der Waals surface area contributed by atoms with Crippen LogP contribution in [0.4, 0.5) is 4.39 Å². The molecule has 1 aromatic carbocycles. The quantitative estimate of drug-likeness (QED) is 0.857. The summed E-state index contributed by atoms with van der Waals surface area (Å²) in [5.74, 6) is -0.236. The third-order valence-electron chi connectivity index (χ3n) is 2.72. The average molecular weight is 288 g/mol. The predicted molar refractivity (Wildman–Crippen MR) is 64.9 cm³/mol. The summed E-state index contributed by atoms with van der Waals surface area (Å²) in [4.78, 5) is 0. The molecule has 0 spiro atoms. The zero-order valence-electron chi connectivity index (χ0n) is 9.39. The van der Waals surface area contributed by atoms with Gasteiger partial charge in [0.25, 0.3) is 0 Å². The fourth-order valence-corrected chi connectivity index (χ4v) is 2.36. The van der Waals surface area contributed by atoms with Crippen molar-refractivity contribution in [3.8, 4) is 0 Å². The number of nitrogens with one attached hydrogen (secondary N) is 1. The van der Waals surface area contributed by atoms with Crippen molar-refractivity contribution in [3.63, 3.8) is 0 Å². The topological polar surface area (TPSA) is 21.3 Å². The van der Waals surface area contributed by atoms with Gasteiger partial charge in [0.2, 0.25) is 0 Å². The van der Waals surface area contributed by atoms with E-state index in [1.165, 1.54) is 12.1 Å². The van der Waals surface area contributed by atoms with Gasteiger partial charge in [-0.2, -0.15) is 0 Å². The van der Waals surface area contributed by atoms with E-state index in [0.29, 0.717) is 6.61 Å². The van der Waals surface area contributed by atoms with Crippen LogP contribution in [0.2, 0.25) is 0 Å². The fourth-order valence-electron chi connectivity index (χ4n) is 1.75. The van der Waals surface area contributed by atoms with Crippen LogP contribution >= 0.6 is 15.9 Å². The largest absolute Gasteiger partial charge is 0.370 e. The molecule has 1 fully saturated rings. The highest BCUT2D eigenvalue weighted by Crippen LogP contribution is 2.29. The highest BCUT2D eigenvalue weighted by molar-refractivity contribution is 9.10. The summed E-state index contributed by atoms with van der Waals surface area (Å²) in [6, 6.07) is 4.70. The lowest BCUT2D eigenvalue weighted by molar-refractivity contribution is -0.0232. The van der Waals surface area contributed by atoms with Gasteiger partial charge >= 0.3 is 0 Å². The van der Waals surface area contributed by atoms with Gasteiger partial charge in [-0.3, -0.25) is 0 Å². The molecule has 0 radical (unpaired) electrons. The molecule has 1 N–H and O–H groups in total. The van der Waals surface area contributed by atoms with Crippen LogP contribution in [0, 0.1) is 5.82 Å². The summed E-state index contributed by atoms with van der Waals surface area (Å²) < 4.78 is 19.5. The van der Waals surface area contributed by atoms with Gasteiger partial charge < -0.3 is 10.1 Å². The molecule has 16 heavy (non-hydrogen) atoms. The van der Waals surface area contributed by atoms with Crippen molar-refractivity contribution in [3.05, 3.63) is 34.1 Å². The molecule has 4 heteroatoms. The lowest BCUT2D eigenvalue weighted by Gasteiger charge is -2.36. The molecule has 2 nitrogen and oxygen atoms in total. The molecule has 0 saturated carbocycles. The van der Waals surface area contributed by atoms with E-state index in [0.717, 1.165) is 16.6 Å². The molecule has 2 rings (SSSR count). The minimum atomic E-state index is -0.236. The molecule has 1 aromatic rings. The molecule has 1 atom stereocenters. The molecule has 1 aliphatic rings. The van der Waals surface area contributed by atoms with Gasteiger partial charge in [-0.1, -0.05) is 22.0 Å². The summed E-state index contributed by atoms with van der Waals surface area (Å²) in [6.07, 6.45) is -0.0111. The third kappa shape index (κ3) is 2.62. The molecular weight excluding hydrogens is 273 g/mol. The highest BCUT2D eigenvalue weighted by Gasteiger charge is 2.28. The normalized spacial score (nSPS) is 24.4. The van der Waals surface area contributed by atoms with E-state index in [2.05, 4.69) is 35.1 Å². The second-order valence-electron chi connectivity index (χ2n) is 4.73. The summed E-state index contributed by atoms with van der Waals surface area (Å²) in [5.41, 5.74) is 1.01. The maximum atomic E-state index is 13.0. The van der Waals surface area contributed by atoms with Crippen LogP contribution in [0.3, 0.4) is 0 Å². The van der Waals surface area contributed by atoms with Crippen LogP contribution < -0.4 is 5.32 Å². The first kappa shape index (κ1) is 12.0. The first-order valence-electron chi connectivity index (χ1n) is 5.29. The number of morpholine rings is 1. The van der Waals surface area contributed by atoms with Gasteiger partial charge in [-0.05, 0) is 31.5 Å². The molecule has 1 heterocycles. The van der Waals surface area contributed by atoms with Crippen molar-refractivity contribution in [2.75, 3.05) is 13.2 Å². The second kappa shape index (κ2) is 4.43. The van der Waals surface area contributed by atoms with E-state index >= 15 is 0 Å². The van der Waals surface area contributed by atoms with Crippen LogP contribution in [-0.2, 0) is 4.74 Å². The molecule has 1 saturated heterocycles. The highest BCUT2D eigenvalue weighted by atomic mass is 79.9. The fraction of sp³-hybridized carbons (Fsp3) is 0.500. The SMILES string of the molecule is CC1(C)COC(c2ccc(F)cc2Br)CN1. The first-order valence-corrected chi connectivity index (χ1v) is 6.09. The Morgan fingerprint density at radius 3 is 2.81 bits per heavy atom. The average Bonchev–Trinajstić information content (AvgIpc) is 2.19. The van der Waals surface area contributed by atoms with Crippen molar-refractivity contribution in [2.24, 2.45) is 0 Å². The predicted octanol–water partition coefficient (Wildman–Crippen LogP) is 3.03. The van der Waals surface area contributed by atoms with E-state index in [4.69, 9.17) is 4.74 Å². The molecule has 0 aromatic heterocycles. The van der Waals surface area contributed by atoms with E-state index in [1.807, 2.05) is 0 Å². The molecule has 1 unspecified atom stereocenters. The first-order chi connectivity index (χ1) is 7.48. The van der Waals surface area contributed by atoms with Gasteiger partial charge in [-0.15, -0.1) is 0 Å². The van der Waals surface area contributed by atoms with Gasteiger partial charge in [0, 0.05) is 16.6 Å². The van der Waals surface area contributed by atoms with Gasteiger partial charge in [0.05, 0.1) is 12.7 Å². The summed E-state index contributed by atoms with van der Waals surface area (Å²) in [6.45, 7) is 5.60. The van der Waals surface area contributed by atoms with Crippen molar-refractivity contribution in [1.82, 2.24) is 5.32 Å². The van der Waals surface area contributed by atoms with Crippen LogP contribution in [0.15, 0.2) is 22.7 Å². The number of rotatable bonds is 1. The second-order valence-corrected chi connectivity index (χ2v) is 5.58. The zero-order chi connectivity index (χ0) is 11.8. The van der Waals surface area contributed by atoms with E-state index in [9.17, 15) is 4.39 Å². The Kier molecular flexibility index (Phi) is 3.33. The molecule has 0 aliphatic carbocycles. The number of hydrogen-bond acceptors (Lipinski definition) is 2. The van der Waals surface area contributed by atoms with Crippen LogP contribution in [-0.4, -0.2) is 18.7 Å². The maximum Gasteiger partial charge on any atom is 0.124 e. The van der Waals surface area contributed by atoms with Crippen LogP contribution in [0.25, 0.3) is 0 Å². The Balaban J connectivity index is 2.14. The van der Waals surface area contributed by atoms with Crippen molar-refractivity contribution >= 4 is 15.9 Å². The minimum absolute atomic E-state index is 0.0111. The molecule has 1 aliphatic heterocycles. The molecule has 0 amide bonds. The Morgan fingerprint density at radius 1 is 1.50 bits per heavy atom. The summed E-state index contributed by atoms with van der Waals surface area (Å²) in [7, 11) is 0. The Labute approximate surface area is 103 Å². The lowest BCUT2D eigenvalue weighted by Crippen LogP contribution is -2.50. The smallest absolute Gasteiger partial charge is 0.124 e. The molecular formula is C12H15BrFNO. The third-order valence-corrected chi connectivity index (χ3v) is 3.41.